The maximum atomic E-state index is 13.5. The molecule has 1 aliphatic heterocycles. The Labute approximate surface area is 156 Å². The van der Waals surface area contributed by atoms with Gasteiger partial charge in [-0.05, 0) is 36.8 Å². The predicted octanol–water partition coefficient (Wildman–Crippen LogP) is 3.55. The van der Waals surface area contributed by atoms with Gasteiger partial charge >= 0.3 is 0 Å². The zero-order valence-electron chi connectivity index (χ0n) is 15.0. The fourth-order valence-electron chi connectivity index (χ4n) is 2.82. The lowest BCUT2D eigenvalue weighted by atomic mass is 9.99. The summed E-state index contributed by atoms with van der Waals surface area (Å²) in [6.45, 7) is 1.74. The van der Waals surface area contributed by atoms with Crippen LogP contribution in [0.15, 0.2) is 53.1 Å². The van der Waals surface area contributed by atoms with Crippen LogP contribution >= 0.6 is 0 Å². The van der Waals surface area contributed by atoms with Gasteiger partial charge in [0, 0.05) is 19.4 Å². The van der Waals surface area contributed by atoms with Gasteiger partial charge in [-0.2, -0.15) is 0 Å². The van der Waals surface area contributed by atoms with E-state index in [1.54, 1.807) is 19.1 Å². The molecule has 0 fully saturated rings. The Kier molecular flexibility index (Phi) is 5.07. The van der Waals surface area contributed by atoms with Gasteiger partial charge in [0.2, 0.25) is 0 Å². The number of ether oxygens (including phenoxy) is 3. The summed E-state index contributed by atoms with van der Waals surface area (Å²) < 4.78 is 66.8. The van der Waals surface area contributed by atoms with E-state index in [1.165, 1.54) is 25.3 Å². The molecule has 2 aromatic rings. The minimum absolute atomic E-state index is 0.0481. The highest BCUT2D eigenvalue weighted by atomic mass is 32.2. The summed E-state index contributed by atoms with van der Waals surface area (Å²) in [5.74, 6) is -2.67. The third kappa shape index (κ3) is 3.87. The van der Waals surface area contributed by atoms with E-state index in [1.807, 2.05) is 0 Å². The SMILES string of the molecule is COC1(C)OCC(Oc2ccc(F)c(F)c2)=C1c1ccc(S(C)(=O)=O)cc1. The summed E-state index contributed by atoms with van der Waals surface area (Å²) in [7, 11) is -1.87. The van der Waals surface area contributed by atoms with E-state index in [-0.39, 0.29) is 17.3 Å². The van der Waals surface area contributed by atoms with Gasteiger partial charge in [-0.15, -0.1) is 0 Å². The number of halogens is 2. The van der Waals surface area contributed by atoms with Crippen molar-refractivity contribution in [1.29, 1.82) is 0 Å². The second kappa shape index (κ2) is 7.03. The Bertz CT molecular complexity index is 999. The number of hydrogen-bond acceptors (Lipinski definition) is 5. The van der Waals surface area contributed by atoms with Crippen LogP contribution in [-0.2, 0) is 19.3 Å². The highest BCUT2D eigenvalue weighted by molar-refractivity contribution is 7.90. The summed E-state index contributed by atoms with van der Waals surface area (Å²) >= 11 is 0. The van der Waals surface area contributed by atoms with E-state index >= 15 is 0 Å². The fraction of sp³-hybridized carbons (Fsp3) is 0.263. The van der Waals surface area contributed by atoms with Crippen LogP contribution in [0.1, 0.15) is 12.5 Å². The summed E-state index contributed by atoms with van der Waals surface area (Å²) in [5.41, 5.74) is 1.16. The van der Waals surface area contributed by atoms with Gasteiger partial charge in [0.15, 0.2) is 27.3 Å². The van der Waals surface area contributed by atoms with E-state index in [4.69, 9.17) is 14.2 Å². The lowest BCUT2D eigenvalue weighted by Crippen LogP contribution is -2.28. The van der Waals surface area contributed by atoms with Crippen molar-refractivity contribution in [3.05, 3.63) is 65.4 Å². The lowest BCUT2D eigenvalue weighted by molar-refractivity contribution is -0.150. The molecule has 5 nitrogen and oxygen atoms in total. The van der Waals surface area contributed by atoms with Gasteiger partial charge in [0.05, 0.1) is 10.5 Å². The molecule has 3 rings (SSSR count). The molecule has 1 heterocycles. The molecule has 144 valence electrons. The highest BCUT2D eigenvalue weighted by Gasteiger charge is 2.40. The molecule has 0 amide bonds. The Hall–Kier alpha value is -2.29. The molecule has 0 aromatic heterocycles. The van der Waals surface area contributed by atoms with Crippen molar-refractivity contribution in [2.75, 3.05) is 20.0 Å². The average Bonchev–Trinajstić information content (AvgIpc) is 2.94. The van der Waals surface area contributed by atoms with Crippen molar-refractivity contribution in [2.24, 2.45) is 0 Å². The number of hydrogen-bond donors (Lipinski definition) is 0. The normalized spacial score (nSPS) is 20.2. The van der Waals surface area contributed by atoms with E-state index in [0.717, 1.165) is 18.4 Å². The van der Waals surface area contributed by atoms with Crippen LogP contribution in [0.3, 0.4) is 0 Å². The first-order valence-corrected chi connectivity index (χ1v) is 9.89. The molecule has 1 unspecified atom stereocenters. The van der Waals surface area contributed by atoms with E-state index in [0.29, 0.717) is 16.9 Å². The molecule has 0 spiro atoms. The van der Waals surface area contributed by atoms with E-state index in [2.05, 4.69) is 0 Å². The number of sulfone groups is 1. The largest absolute Gasteiger partial charge is 0.459 e. The van der Waals surface area contributed by atoms with Gasteiger partial charge in [-0.25, -0.2) is 17.2 Å². The quantitative estimate of drug-likeness (QED) is 0.774. The summed E-state index contributed by atoms with van der Waals surface area (Å²) in [5, 5.41) is 0. The molecule has 27 heavy (non-hydrogen) atoms. The maximum Gasteiger partial charge on any atom is 0.196 e. The zero-order chi connectivity index (χ0) is 19.8. The first-order valence-electron chi connectivity index (χ1n) is 8.00. The summed E-state index contributed by atoms with van der Waals surface area (Å²) in [6.07, 6.45) is 1.12. The van der Waals surface area contributed by atoms with Crippen molar-refractivity contribution < 1.29 is 31.4 Å². The van der Waals surface area contributed by atoms with Crippen LogP contribution in [0.5, 0.6) is 5.75 Å². The van der Waals surface area contributed by atoms with Crippen LogP contribution in [-0.4, -0.2) is 34.2 Å². The van der Waals surface area contributed by atoms with Gasteiger partial charge in [-0.3, -0.25) is 0 Å². The van der Waals surface area contributed by atoms with Crippen LogP contribution in [0.25, 0.3) is 5.57 Å². The molecule has 0 saturated carbocycles. The summed E-state index contributed by atoms with van der Waals surface area (Å²) in [6, 6.07) is 9.39. The molecule has 2 aromatic carbocycles. The summed E-state index contributed by atoms with van der Waals surface area (Å²) in [4.78, 5) is 0.174. The number of benzene rings is 2. The third-order valence-electron chi connectivity index (χ3n) is 4.30. The number of methoxy groups -OCH3 is 1. The lowest BCUT2D eigenvalue weighted by Gasteiger charge is -2.25. The van der Waals surface area contributed by atoms with Crippen molar-refractivity contribution in [3.8, 4) is 5.75 Å². The smallest absolute Gasteiger partial charge is 0.196 e. The standard InChI is InChI=1S/C19H18F2O5S/c1-19(24-2)18(12-4-7-14(8-5-12)27(3,22)23)17(11-25-19)26-13-6-9-15(20)16(21)10-13/h4-10H,11H2,1-3H3. The van der Waals surface area contributed by atoms with E-state index in [9.17, 15) is 17.2 Å². The molecule has 1 atom stereocenters. The van der Waals surface area contributed by atoms with Crippen LogP contribution < -0.4 is 4.74 Å². The van der Waals surface area contributed by atoms with Gasteiger partial charge in [0.25, 0.3) is 0 Å². The molecule has 0 radical (unpaired) electrons. The minimum Gasteiger partial charge on any atom is -0.459 e. The molecule has 8 heteroatoms. The third-order valence-corrected chi connectivity index (χ3v) is 5.43. The first-order chi connectivity index (χ1) is 12.6. The molecule has 0 N–H and O–H groups in total. The Morgan fingerprint density at radius 3 is 2.30 bits per heavy atom. The van der Waals surface area contributed by atoms with E-state index < -0.39 is 27.3 Å². The highest BCUT2D eigenvalue weighted by Crippen LogP contribution is 2.40. The van der Waals surface area contributed by atoms with Crippen molar-refractivity contribution in [1.82, 2.24) is 0 Å². The molecular weight excluding hydrogens is 378 g/mol. The average molecular weight is 396 g/mol. The minimum atomic E-state index is -3.34. The second-order valence-electron chi connectivity index (χ2n) is 6.21. The van der Waals surface area contributed by atoms with Gasteiger partial charge in [0.1, 0.15) is 18.1 Å². The second-order valence-corrected chi connectivity index (χ2v) is 8.23. The Morgan fingerprint density at radius 1 is 1.07 bits per heavy atom. The number of rotatable bonds is 5. The van der Waals surface area contributed by atoms with Crippen molar-refractivity contribution in [2.45, 2.75) is 17.6 Å². The van der Waals surface area contributed by atoms with Crippen LogP contribution in [0.4, 0.5) is 8.78 Å². The molecule has 1 aliphatic rings. The molecule has 0 aliphatic carbocycles. The van der Waals surface area contributed by atoms with Crippen LogP contribution in [0.2, 0.25) is 0 Å². The van der Waals surface area contributed by atoms with Gasteiger partial charge < -0.3 is 14.2 Å². The maximum absolute atomic E-state index is 13.5. The van der Waals surface area contributed by atoms with Crippen molar-refractivity contribution >= 4 is 15.4 Å². The molecule has 0 saturated heterocycles. The first kappa shape index (κ1) is 19.5. The topological polar surface area (TPSA) is 61.8 Å². The molecule has 0 bridgehead atoms. The monoisotopic (exact) mass is 396 g/mol. The Balaban J connectivity index is 2.04. The zero-order valence-corrected chi connectivity index (χ0v) is 15.8. The predicted molar refractivity (Wildman–Crippen MR) is 94.8 cm³/mol. The van der Waals surface area contributed by atoms with Crippen molar-refractivity contribution in [3.63, 3.8) is 0 Å². The molecular formula is C19H18F2O5S. The fourth-order valence-corrected chi connectivity index (χ4v) is 3.45. The van der Waals surface area contributed by atoms with Gasteiger partial charge in [-0.1, -0.05) is 12.1 Å². The van der Waals surface area contributed by atoms with Crippen LogP contribution in [0, 0.1) is 11.6 Å². The Morgan fingerprint density at radius 2 is 1.74 bits per heavy atom.